The highest BCUT2D eigenvalue weighted by Crippen LogP contribution is 2.17. The van der Waals surface area contributed by atoms with Gasteiger partial charge in [-0.2, -0.15) is 5.10 Å². The van der Waals surface area contributed by atoms with Crippen molar-refractivity contribution in [3.63, 3.8) is 0 Å². The van der Waals surface area contributed by atoms with E-state index in [1.54, 1.807) is 12.4 Å². The zero-order chi connectivity index (χ0) is 18.2. The molecule has 0 bridgehead atoms. The van der Waals surface area contributed by atoms with Gasteiger partial charge in [0.2, 0.25) is 5.91 Å². The first-order chi connectivity index (χ1) is 12.7. The summed E-state index contributed by atoms with van der Waals surface area (Å²) in [6.07, 6.45) is 7.37. The van der Waals surface area contributed by atoms with Crippen molar-refractivity contribution in [3.8, 4) is 0 Å². The van der Waals surface area contributed by atoms with Crippen molar-refractivity contribution in [2.75, 3.05) is 0 Å². The van der Waals surface area contributed by atoms with Crippen LogP contribution in [0.4, 0.5) is 0 Å². The molecule has 0 radical (unpaired) electrons. The Balaban J connectivity index is 1.61. The van der Waals surface area contributed by atoms with Crippen molar-refractivity contribution in [1.82, 2.24) is 20.1 Å². The number of pyridine rings is 1. The monoisotopic (exact) mass is 348 g/mol. The van der Waals surface area contributed by atoms with Gasteiger partial charge in [0.1, 0.15) is 0 Å². The molecule has 3 rings (SSSR count). The third kappa shape index (κ3) is 5.28. The van der Waals surface area contributed by atoms with Crippen LogP contribution in [0.2, 0.25) is 0 Å². The number of aromatic nitrogens is 3. The van der Waals surface area contributed by atoms with Crippen LogP contribution < -0.4 is 5.32 Å². The number of carbonyl (C=O) groups is 1. The molecule has 2 heterocycles. The highest BCUT2D eigenvalue weighted by Gasteiger charge is 2.16. The molecule has 0 saturated heterocycles. The first kappa shape index (κ1) is 17.9. The summed E-state index contributed by atoms with van der Waals surface area (Å²) in [6.45, 7) is 2.81. The fourth-order valence-corrected chi connectivity index (χ4v) is 2.87. The Hall–Kier alpha value is -2.95. The average Bonchev–Trinajstić information content (AvgIpc) is 3.17. The molecule has 0 saturated carbocycles. The average molecular weight is 348 g/mol. The largest absolute Gasteiger partial charge is 0.347 e. The van der Waals surface area contributed by atoms with Gasteiger partial charge in [0, 0.05) is 31.6 Å². The van der Waals surface area contributed by atoms with Crippen LogP contribution in [0.1, 0.15) is 35.7 Å². The number of hydrogen-bond donors (Lipinski definition) is 1. The Labute approximate surface area is 154 Å². The molecule has 0 fully saturated rings. The van der Waals surface area contributed by atoms with Gasteiger partial charge in [0.25, 0.3) is 0 Å². The molecule has 0 aliphatic heterocycles. The molecule has 0 unspecified atom stereocenters. The molecule has 1 amide bonds. The third-order valence-electron chi connectivity index (χ3n) is 4.29. The molecule has 0 aliphatic carbocycles. The van der Waals surface area contributed by atoms with E-state index in [1.165, 1.54) is 11.1 Å². The van der Waals surface area contributed by atoms with Gasteiger partial charge in [-0.05, 0) is 43.5 Å². The quantitative estimate of drug-likeness (QED) is 0.678. The Morgan fingerprint density at radius 3 is 2.65 bits per heavy atom. The molecular formula is C21H24N4O. The third-order valence-corrected chi connectivity index (χ3v) is 4.29. The summed E-state index contributed by atoms with van der Waals surface area (Å²) < 4.78 is 1.84. The van der Waals surface area contributed by atoms with Gasteiger partial charge in [0.15, 0.2) is 0 Å². The number of hydrogen-bond acceptors (Lipinski definition) is 3. The van der Waals surface area contributed by atoms with Gasteiger partial charge >= 0.3 is 0 Å². The smallest absolute Gasteiger partial charge is 0.220 e. The predicted molar refractivity (Wildman–Crippen MR) is 101 cm³/mol. The standard InChI is InChI=1S/C21H24N4O/c1-17-8-10-18(11-9-17)16-20(19-6-2-3-12-22-19)24-21(26)7-4-14-25-15-5-13-23-25/h2-3,5-6,8-13,15,20H,4,7,14,16H2,1H3,(H,24,26)/t20-/m1/s1. The minimum atomic E-state index is -0.129. The van der Waals surface area contributed by atoms with E-state index in [0.29, 0.717) is 6.42 Å². The Morgan fingerprint density at radius 2 is 1.96 bits per heavy atom. The fourth-order valence-electron chi connectivity index (χ4n) is 2.87. The van der Waals surface area contributed by atoms with Gasteiger partial charge in [-0.25, -0.2) is 0 Å². The van der Waals surface area contributed by atoms with Crippen LogP contribution >= 0.6 is 0 Å². The van der Waals surface area contributed by atoms with E-state index in [9.17, 15) is 4.79 Å². The van der Waals surface area contributed by atoms with Crippen molar-refractivity contribution in [2.24, 2.45) is 0 Å². The van der Waals surface area contributed by atoms with Crippen LogP contribution in [-0.2, 0) is 17.8 Å². The number of nitrogens with zero attached hydrogens (tertiary/aromatic N) is 3. The van der Waals surface area contributed by atoms with Crippen molar-refractivity contribution >= 4 is 5.91 Å². The summed E-state index contributed by atoms with van der Waals surface area (Å²) >= 11 is 0. The number of nitrogens with one attached hydrogen (secondary N) is 1. The van der Waals surface area contributed by atoms with E-state index in [-0.39, 0.29) is 11.9 Å². The lowest BCUT2D eigenvalue weighted by molar-refractivity contribution is -0.122. The highest BCUT2D eigenvalue weighted by atomic mass is 16.1. The first-order valence-corrected chi connectivity index (χ1v) is 8.94. The van der Waals surface area contributed by atoms with Gasteiger partial charge in [0.05, 0.1) is 11.7 Å². The minimum absolute atomic E-state index is 0.0416. The van der Waals surface area contributed by atoms with Gasteiger partial charge in [-0.15, -0.1) is 0 Å². The lowest BCUT2D eigenvalue weighted by Gasteiger charge is -2.19. The van der Waals surface area contributed by atoms with E-state index in [0.717, 1.165) is 25.1 Å². The second kappa shape index (κ2) is 8.94. The summed E-state index contributed by atoms with van der Waals surface area (Å²) in [7, 11) is 0. The van der Waals surface area contributed by atoms with E-state index in [2.05, 4.69) is 46.6 Å². The summed E-state index contributed by atoms with van der Waals surface area (Å²) in [5.74, 6) is 0.0416. The normalized spacial score (nSPS) is 11.9. The molecule has 5 heteroatoms. The first-order valence-electron chi connectivity index (χ1n) is 8.94. The van der Waals surface area contributed by atoms with Crippen LogP contribution in [0, 0.1) is 6.92 Å². The second-order valence-corrected chi connectivity index (χ2v) is 6.44. The summed E-state index contributed by atoms with van der Waals surface area (Å²) in [5, 5.41) is 7.30. The Morgan fingerprint density at radius 1 is 1.12 bits per heavy atom. The summed E-state index contributed by atoms with van der Waals surface area (Å²) in [4.78, 5) is 16.9. The number of carbonyl (C=O) groups excluding carboxylic acids is 1. The molecule has 1 aromatic carbocycles. The maximum atomic E-state index is 12.4. The van der Waals surface area contributed by atoms with Crippen molar-refractivity contribution in [2.45, 2.75) is 38.8 Å². The lowest BCUT2D eigenvalue weighted by Crippen LogP contribution is -2.30. The second-order valence-electron chi connectivity index (χ2n) is 6.44. The number of amides is 1. The minimum Gasteiger partial charge on any atom is -0.347 e. The molecule has 0 spiro atoms. The molecule has 1 N–H and O–H groups in total. The zero-order valence-electron chi connectivity index (χ0n) is 15.0. The molecule has 1 atom stereocenters. The SMILES string of the molecule is Cc1ccc(C[C@@H](NC(=O)CCCn2cccn2)c2ccccn2)cc1. The van der Waals surface area contributed by atoms with Crippen molar-refractivity contribution in [3.05, 3.63) is 83.9 Å². The topological polar surface area (TPSA) is 59.8 Å². The van der Waals surface area contributed by atoms with Crippen LogP contribution in [0.3, 0.4) is 0 Å². The van der Waals surface area contributed by atoms with E-state index in [4.69, 9.17) is 0 Å². The molecule has 3 aromatic rings. The highest BCUT2D eigenvalue weighted by molar-refractivity contribution is 5.76. The van der Waals surface area contributed by atoms with Gasteiger partial charge in [-0.3, -0.25) is 14.5 Å². The molecule has 0 aliphatic rings. The van der Waals surface area contributed by atoms with Crippen LogP contribution in [0.15, 0.2) is 67.1 Å². The van der Waals surface area contributed by atoms with E-state index < -0.39 is 0 Å². The van der Waals surface area contributed by atoms with Gasteiger partial charge < -0.3 is 5.32 Å². The molecular weight excluding hydrogens is 324 g/mol. The Bertz CT molecular complexity index is 798. The number of aryl methyl sites for hydroxylation is 2. The molecule has 5 nitrogen and oxygen atoms in total. The molecule has 2 aromatic heterocycles. The summed E-state index contributed by atoms with van der Waals surface area (Å²) in [6, 6.07) is 16.0. The van der Waals surface area contributed by atoms with Crippen molar-refractivity contribution < 1.29 is 4.79 Å². The van der Waals surface area contributed by atoms with Crippen LogP contribution in [0.5, 0.6) is 0 Å². The summed E-state index contributed by atoms with van der Waals surface area (Å²) in [5.41, 5.74) is 3.29. The lowest BCUT2D eigenvalue weighted by atomic mass is 10.0. The molecule has 26 heavy (non-hydrogen) atoms. The maximum absolute atomic E-state index is 12.4. The predicted octanol–water partition coefficient (Wildman–Crippen LogP) is 3.47. The van der Waals surface area contributed by atoms with E-state index in [1.807, 2.05) is 35.1 Å². The maximum Gasteiger partial charge on any atom is 0.220 e. The number of benzene rings is 1. The molecule has 134 valence electrons. The number of rotatable bonds is 8. The van der Waals surface area contributed by atoms with Crippen LogP contribution in [0.25, 0.3) is 0 Å². The Kier molecular flexibility index (Phi) is 6.14. The van der Waals surface area contributed by atoms with Crippen molar-refractivity contribution in [1.29, 1.82) is 0 Å². The van der Waals surface area contributed by atoms with Crippen LogP contribution in [-0.4, -0.2) is 20.7 Å². The van der Waals surface area contributed by atoms with Gasteiger partial charge in [-0.1, -0.05) is 35.9 Å². The fraction of sp³-hybridized carbons (Fsp3) is 0.286. The zero-order valence-corrected chi connectivity index (χ0v) is 15.0. The van der Waals surface area contributed by atoms with E-state index >= 15 is 0 Å².